The van der Waals surface area contributed by atoms with Gasteiger partial charge in [0.2, 0.25) is 0 Å². The van der Waals surface area contributed by atoms with E-state index >= 15 is 0 Å². The third-order valence-corrected chi connectivity index (χ3v) is 4.82. The highest BCUT2D eigenvalue weighted by Gasteiger charge is 2.17. The minimum atomic E-state index is 0.868. The van der Waals surface area contributed by atoms with Crippen LogP contribution in [0.2, 0.25) is 0 Å². The number of carbonyl (C=O) groups excluding carboxylic acids is 1. The SMILES string of the molecule is Cc1ncc(Br)c2cc(CN3CCN([B]C=O)CC3)ccc12. The number of pyridine rings is 1. The number of halogens is 1. The van der Waals surface area contributed by atoms with Crippen LogP contribution in [0.4, 0.5) is 0 Å². The number of piperazine rings is 1. The molecule has 6 heteroatoms. The first kappa shape index (κ1) is 15.7. The molecule has 0 saturated carbocycles. The first-order valence-corrected chi connectivity index (χ1v) is 8.25. The van der Waals surface area contributed by atoms with Gasteiger partial charge in [0.05, 0.1) is 6.19 Å². The Hall–Kier alpha value is -1.24. The van der Waals surface area contributed by atoms with E-state index in [2.05, 4.69) is 48.8 Å². The van der Waals surface area contributed by atoms with Crippen LogP contribution in [0.5, 0.6) is 0 Å². The molecule has 0 spiro atoms. The number of hydrogen-bond acceptors (Lipinski definition) is 4. The molecule has 2 aromatic rings. The standard InChI is InChI=1S/C16H18BBrN3O/c1-12-14-3-2-13(8-15(14)16(18)9-19-12)10-20-4-6-21(7-5-20)17-11-22/h2-3,8-9,11H,4-7,10H2,1H3. The lowest BCUT2D eigenvalue weighted by molar-refractivity contribution is 0.183. The number of rotatable bonds is 4. The minimum absolute atomic E-state index is 0.868. The van der Waals surface area contributed by atoms with Crippen molar-refractivity contribution in [3.63, 3.8) is 0 Å². The third-order valence-electron chi connectivity index (χ3n) is 4.19. The van der Waals surface area contributed by atoms with Crippen molar-refractivity contribution in [2.24, 2.45) is 0 Å². The Balaban J connectivity index is 1.72. The van der Waals surface area contributed by atoms with Gasteiger partial charge in [-0.15, -0.1) is 0 Å². The van der Waals surface area contributed by atoms with E-state index in [4.69, 9.17) is 0 Å². The van der Waals surface area contributed by atoms with Gasteiger partial charge >= 0.3 is 0 Å². The lowest BCUT2D eigenvalue weighted by atomic mass is 9.93. The molecule has 3 rings (SSSR count). The van der Waals surface area contributed by atoms with E-state index in [-0.39, 0.29) is 0 Å². The lowest BCUT2D eigenvalue weighted by Gasteiger charge is -2.33. The van der Waals surface area contributed by atoms with Crippen LogP contribution in [0.3, 0.4) is 0 Å². The van der Waals surface area contributed by atoms with Crippen molar-refractivity contribution in [2.75, 3.05) is 26.2 Å². The highest BCUT2D eigenvalue weighted by atomic mass is 79.9. The number of fused-ring (bicyclic) bond motifs is 1. The fourth-order valence-electron chi connectivity index (χ4n) is 2.91. The van der Waals surface area contributed by atoms with Crippen molar-refractivity contribution in [1.82, 2.24) is 14.7 Å². The van der Waals surface area contributed by atoms with Gasteiger partial charge < -0.3 is 9.61 Å². The van der Waals surface area contributed by atoms with Crippen LogP contribution in [-0.4, -0.2) is 54.5 Å². The van der Waals surface area contributed by atoms with Crippen molar-refractivity contribution in [3.8, 4) is 0 Å². The number of aromatic nitrogens is 1. The molecule has 2 heterocycles. The quantitative estimate of drug-likeness (QED) is 0.620. The summed E-state index contributed by atoms with van der Waals surface area (Å²) in [5.74, 6) is 0. The van der Waals surface area contributed by atoms with Gasteiger partial charge in [0, 0.05) is 54.5 Å². The van der Waals surface area contributed by atoms with Crippen molar-refractivity contribution >= 4 is 40.3 Å². The molecule has 1 aliphatic rings. The molecule has 4 nitrogen and oxygen atoms in total. The number of aryl methyl sites for hydroxylation is 1. The van der Waals surface area contributed by atoms with Gasteiger partial charge in [-0.25, -0.2) is 0 Å². The molecule has 1 aromatic heterocycles. The van der Waals surface area contributed by atoms with Crippen LogP contribution in [0.1, 0.15) is 11.3 Å². The van der Waals surface area contributed by atoms with Crippen LogP contribution >= 0.6 is 15.9 Å². The van der Waals surface area contributed by atoms with Gasteiger partial charge in [0.1, 0.15) is 0 Å². The van der Waals surface area contributed by atoms with Crippen molar-refractivity contribution in [3.05, 3.63) is 40.1 Å². The Bertz CT molecular complexity index is 686. The van der Waals surface area contributed by atoms with Gasteiger partial charge in [-0.2, -0.15) is 0 Å². The molecule has 22 heavy (non-hydrogen) atoms. The first-order valence-electron chi connectivity index (χ1n) is 7.46. The molecule has 0 amide bonds. The molecule has 1 saturated heterocycles. The molecular weight excluding hydrogens is 341 g/mol. The van der Waals surface area contributed by atoms with Crippen molar-refractivity contribution in [1.29, 1.82) is 0 Å². The van der Waals surface area contributed by atoms with Crippen LogP contribution in [0.25, 0.3) is 10.8 Å². The zero-order valence-electron chi connectivity index (χ0n) is 12.6. The van der Waals surface area contributed by atoms with E-state index < -0.39 is 0 Å². The topological polar surface area (TPSA) is 36.4 Å². The second kappa shape index (κ2) is 6.90. The molecule has 0 atom stereocenters. The summed E-state index contributed by atoms with van der Waals surface area (Å²) in [6.07, 6.45) is 2.74. The van der Waals surface area contributed by atoms with E-state index in [9.17, 15) is 4.79 Å². The van der Waals surface area contributed by atoms with E-state index in [1.54, 1.807) is 7.41 Å². The van der Waals surface area contributed by atoms with Gasteiger partial charge in [0.25, 0.3) is 7.41 Å². The Morgan fingerprint density at radius 3 is 2.77 bits per heavy atom. The third kappa shape index (κ3) is 3.40. The van der Waals surface area contributed by atoms with Crippen molar-refractivity contribution < 1.29 is 4.79 Å². The van der Waals surface area contributed by atoms with Crippen LogP contribution in [0.15, 0.2) is 28.9 Å². The Morgan fingerprint density at radius 2 is 2.05 bits per heavy atom. The molecule has 1 aliphatic heterocycles. The van der Waals surface area contributed by atoms with Gasteiger partial charge in [0.15, 0.2) is 0 Å². The van der Waals surface area contributed by atoms with Crippen LogP contribution in [-0.2, 0) is 11.3 Å². The van der Waals surface area contributed by atoms with Gasteiger partial charge in [-0.05, 0) is 39.9 Å². The largest absolute Gasteiger partial charge is 0.338 e. The summed E-state index contributed by atoms with van der Waals surface area (Å²) < 4.78 is 1.04. The second-order valence-electron chi connectivity index (χ2n) is 5.67. The Kier molecular flexibility index (Phi) is 4.91. The van der Waals surface area contributed by atoms with Crippen LogP contribution in [0, 0.1) is 6.92 Å². The number of nitrogens with zero attached hydrogens (tertiary/aromatic N) is 3. The molecular formula is C16H18BBrN3O. The average molecular weight is 359 g/mol. The highest BCUT2D eigenvalue weighted by molar-refractivity contribution is 9.10. The van der Waals surface area contributed by atoms with E-state index in [1.807, 2.05) is 13.1 Å². The zero-order chi connectivity index (χ0) is 15.5. The molecule has 113 valence electrons. The fourth-order valence-corrected chi connectivity index (χ4v) is 3.34. The summed E-state index contributed by atoms with van der Waals surface area (Å²) in [6.45, 7) is 6.78. The summed E-state index contributed by atoms with van der Waals surface area (Å²) in [6, 6.07) is 6.60. The summed E-state index contributed by atoms with van der Waals surface area (Å²) >= 11 is 3.60. The Labute approximate surface area is 139 Å². The van der Waals surface area contributed by atoms with Gasteiger partial charge in [-0.1, -0.05) is 12.1 Å². The number of benzene rings is 1. The van der Waals surface area contributed by atoms with E-state index in [0.717, 1.165) is 49.1 Å². The number of carbonyl (C=O) groups is 1. The molecule has 1 fully saturated rings. The molecule has 0 bridgehead atoms. The molecule has 0 unspecified atom stereocenters. The summed E-state index contributed by atoms with van der Waals surface area (Å²) in [5, 5.41) is 2.42. The molecule has 1 radical (unpaired) electrons. The fraction of sp³-hybridized carbons (Fsp3) is 0.375. The molecule has 0 aliphatic carbocycles. The molecule has 0 N–H and O–H groups in total. The summed E-state index contributed by atoms with van der Waals surface area (Å²) in [7, 11) is 1.64. The van der Waals surface area contributed by atoms with E-state index in [1.165, 1.54) is 16.3 Å². The van der Waals surface area contributed by atoms with Gasteiger partial charge in [-0.3, -0.25) is 9.88 Å². The smallest absolute Gasteiger partial charge is 0.293 e. The highest BCUT2D eigenvalue weighted by Crippen LogP contribution is 2.26. The zero-order valence-corrected chi connectivity index (χ0v) is 14.2. The number of hydrogen-bond donors (Lipinski definition) is 0. The van der Waals surface area contributed by atoms with E-state index in [0.29, 0.717) is 0 Å². The van der Waals surface area contributed by atoms with Crippen molar-refractivity contribution in [2.45, 2.75) is 13.5 Å². The average Bonchev–Trinajstić information content (AvgIpc) is 2.53. The summed E-state index contributed by atoms with van der Waals surface area (Å²) in [4.78, 5) is 19.4. The molecule has 1 aromatic carbocycles. The maximum absolute atomic E-state index is 10.5. The second-order valence-corrected chi connectivity index (χ2v) is 6.52. The lowest BCUT2D eigenvalue weighted by Crippen LogP contribution is -2.47. The predicted octanol–water partition coefficient (Wildman–Crippen LogP) is 2.23. The maximum atomic E-state index is 10.5. The summed E-state index contributed by atoms with van der Waals surface area (Å²) in [5.41, 5.74) is 2.37. The normalized spacial score (nSPS) is 16.8. The maximum Gasteiger partial charge on any atom is 0.293 e. The predicted molar refractivity (Wildman–Crippen MR) is 93.5 cm³/mol. The Morgan fingerprint density at radius 1 is 1.27 bits per heavy atom. The minimum Gasteiger partial charge on any atom is -0.338 e. The monoisotopic (exact) mass is 358 g/mol. The first-order chi connectivity index (χ1) is 10.7. The van der Waals surface area contributed by atoms with Crippen LogP contribution < -0.4 is 0 Å².